The molecule has 214 valence electrons. The monoisotopic (exact) mass is 622 g/mol. The minimum absolute atomic E-state index is 0.0528. The number of nitrogens with zero attached hydrogens (tertiary/aromatic N) is 2. The Labute approximate surface area is 242 Å². The van der Waals surface area contributed by atoms with E-state index in [1.165, 1.54) is 0 Å². The van der Waals surface area contributed by atoms with Crippen LogP contribution in [0, 0.1) is 11.8 Å². The highest BCUT2D eigenvalue weighted by molar-refractivity contribution is 9.09. The van der Waals surface area contributed by atoms with E-state index in [1.54, 1.807) is 16.7 Å². The molecule has 39 heavy (non-hydrogen) atoms. The van der Waals surface area contributed by atoms with E-state index in [2.05, 4.69) is 31.5 Å². The van der Waals surface area contributed by atoms with E-state index in [-0.39, 0.29) is 34.4 Å². The third kappa shape index (κ3) is 5.88. The summed E-state index contributed by atoms with van der Waals surface area (Å²) in [6.07, 6.45) is 2.83. The van der Waals surface area contributed by atoms with Crippen LogP contribution in [0.2, 0.25) is 0 Å². The Bertz CT molecular complexity index is 1030. The number of carbonyl (C=O) groups excluding carboxylic acids is 3. The molecule has 11 heteroatoms. The van der Waals surface area contributed by atoms with E-state index in [1.807, 2.05) is 30.3 Å². The van der Waals surface area contributed by atoms with Gasteiger partial charge in [-0.05, 0) is 31.2 Å². The third-order valence-corrected chi connectivity index (χ3v) is 11.8. The molecule has 5 rings (SSSR count). The second-order valence-corrected chi connectivity index (χ2v) is 13.6. The number of carbonyl (C=O) groups is 3. The van der Waals surface area contributed by atoms with Gasteiger partial charge in [0.1, 0.15) is 6.04 Å². The topological polar surface area (TPSA) is 111 Å². The Hall–Kier alpha value is -1.66. The molecule has 0 saturated carbocycles. The smallest absolute Gasteiger partial charge is 0.244 e. The molecule has 0 aliphatic carbocycles. The minimum atomic E-state index is -0.634. The maximum absolute atomic E-state index is 14.0. The van der Waals surface area contributed by atoms with Gasteiger partial charge in [0.2, 0.25) is 17.7 Å². The molecule has 4 aliphatic heterocycles. The first-order valence-electron chi connectivity index (χ1n) is 14.1. The minimum Gasteiger partial charge on any atom is -0.396 e. The summed E-state index contributed by atoms with van der Waals surface area (Å²) < 4.78 is 4.79. The van der Waals surface area contributed by atoms with Gasteiger partial charge in [0.15, 0.2) is 0 Å². The molecule has 1 aromatic rings. The maximum atomic E-state index is 14.0. The molecule has 3 unspecified atom stereocenters. The molecule has 4 aliphatic rings. The van der Waals surface area contributed by atoms with Gasteiger partial charge in [-0.15, -0.1) is 11.8 Å². The highest BCUT2D eigenvalue weighted by Crippen LogP contribution is 2.67. The lowest BCUT2D eigenvalue weighted by molar-refractivity contribution is -0.140. The summed E-state index contributed by atoms with van der Waals surface area (Å²) in [6.45, 7) is 5.33. The number of thioether (sulfide) groups is 1. The fourth-order valence-corrected chi connectivity index (χ4v) is 10.3. The zero-order valence-electron chi connectivity index (χ0n) is 22.2. The molecule has 6 atom stereocenters. The molecule has 2 bridgehead atoms. The predicted molar refractivity (Wildman–Crippen MR) is 153 cm³/mol. The lowest BCUT2D eigenvalue weighted by Gasteiger charge is -2.35. The molecule has 9 nitrogen and oxygen atoms in total. The highest BCUT2D eigenvalue weighted by Gasteiger charge is 2.75. The Morgan fingerprint density at radius 1 is 1.08 bits per heavy atom. The van der Waals surface area contributed by atoms with Gasteiger partial charge in [-0.25, -0.2) is 0 Å². The summed E-state index contributed by atoms with van der Waals surface area (Å²) in [4.78, 5) is 45.5. The van der Waals surface area contributed by atoms with E-state index >= 15 is 0 Å². The highest BCUT2D eigenvalue weighted by atomic mass is 79.9. The Morgan fingerprint density at radius 2 is 1.85 bits per heavy atom. The number of benzene rings is 1. The van der Waals surface area contributed by atoms with Crippen molar-refractivity contribution >= 4 is 45.4 Å². The van der Waals surface area contributed by atoms with Gasteiger partial charge in [-0.2, -0.15) is 0 Å². The number of amides is 3. The van der Waals surface area contributed by atoms with Crippen molar-refractivity contribution in [1.82, 2.24) is 20.4 Å². The van der Waals surface area contributed by atoms with Crippen molar-refractivity contribution in [3.8, 4) is 0 Å². The SMILES string of the molecule is O=C(NCCN1CCOCC1)C1N(CCCCCO)C(=O)[C@@H]2[C@H](C(=O)NCc3ccccc3)[C@H]3SC12CC3Br. The molecule has 4 heterocycles. The average Bonchev–Trinajstić information content (AvgIpc) is 3.54. The number of morpholine rings is 1. The molecule has 1 aromatic carbocycles. The molecule has 3 amide bonds. The van der Waals surface area contributed by atoms with Crippen molar-refractivity contribution < 1.29 is 24.2 Å². The van der Waals surface area contributed by atoms with Gasteiger partial charge in [-0.1, -0.05) is 46.3 Å². The standard InChI is InChI=1S/C28H39BrN4O5S/c29-20-17-28-22(21(23(20)39-28)25(35)31-18-19-7-3-1-4-8-19)27(37)33(10-5-2-6-14-34)24(28)26(36)30-9-11-32-12-15-38-16-13-32/h1,3-4,7-8,20-24,34H,2,5-6,9-18H2,(H,30,36)(H,31,35)/t20?,21-,22-,23-,24?,28?/m0/s1. The molecular formula is C28H39BrN4O5S. The number of ether oxygens (including phenoxy) is 1. The Balaban J connectivity index is 1.33. The molecule has 4 fully saturated rings. The number of alkyl halides is 1. The van der Waals surface area contributed by atoms with Crippen molar-refractivity contribution in [3.05, 3.63) is 35.9 Å². The summed E-state index contributed by atoms with van der Waals surface area (Å²) in [5.41, 5.74) is 1.01. The summed E-state index contributed by atoms with van der Waals surface area (Å²) >= 11 is 5.48. The van der Waals surface area contributed by atoms with Crippen LogP contribution in [0.15, 0.2) is 30.3 Å². The van der Waals surface area contributed by atoms with Crippen LogP contribution < -0.4 is 10.6 Å². The van der Waals surface area contributed by atoms with E-state index in [0.29, 0.717) is 52.1 Å². The van der Waals surface area contributed by atoms with Crippen LogP contribution in [0.25, 0.3) is 0 Å². The first-order valence-corrected chi connectivity index (χ1v) is 15.9. The number of hydrogen-bond donors (Lipinski definition) is 3. The third-order valence-electron chi connectivity index (χ3n) is 8.54. The zero-order chi connectivity index (χ0) is 27.4. The van der Waals surface area contributed by atoms with Crippen LogP contribution >= 0.6 is 27.7 Å². The van der Waals surface area contributed by atoms with Gasteiger partial charge >= 0.3 is 0 Å². The fraction of sp³-hybridized carbons (Fsp3) is 0.679. The molecule has 1 spiro atoms. The van der Waals surface area contributed by atoms with Crippen molar-refractivity contribution in [1.29, 1.82) is 0 Å². The van der Waals surface area contributed by atoms with Gasteiger partial charge in [0.25, 0.3) is 0 Å². The molecular weight excluding hydrogens is 584 g/mol. The quantitative estimate of drug-likeness (QED) is 0.239. The van der Waals surface area contributed by atoms with Crippen molar-refractivity contribution in [2.75, 3.05) is 52.5 Å². The normalized spacial score (nSPS) is 31.9. The molecule has 4 saturated heterocycles. The molecule has 0 aromatic heterocycles. The van der Waals surface area contributed by atoms with Crippen molar-refractivity contribution in [2.24, 2.45) is 11.8 Å². The zero-order valence-corrected chi connectivity index (χ0v) is 24.6. The summed E-state index contributed by atoms with van der Waals surface area (Å²) in [5.74, 6) is -1.34. The van der Waals surface area contributed by atoms with E-state index < -0.39 is 22.6 Å². The number of hydrogen-bond acceptors (Lipinski definition) is 7. The number of likely N-dealkylation sites (tertiary alicyclic amines) is 1. The first kappa shape index (κ1) is 28.9. The number of aliphatic hydroxyl groups is 1. The number of halogens is 1. The Morgan fingerprint density at radius 3 is 2.59 bits per heavy atom. The number of aliphatic hydroxyl groups excluding tert-OH is 1. The van der Waals surface area contributed by atoms with Crippen LogP contribution in [0.5, 0.6) is 0 Å². The van der Waals surface area contributed by atoms with E-state index in [4.69, 9.17) is 4.74 Å². The average molecular weight is 624 g/mol. The van der Waals surface area contributed by atoms with Crippen LogP contribution in [0.3, 0.4) is 0 Å². The lowest BCUT2D eigenvalue weighted by atomic mass is 9.70. The summed E-state index contributed by atoms with van der Waals surface area (Å²) in [7, 11) is 0. The largest absolute Gasteiger partial charge is 0.396 e. The van der Waals surface area contributed by atoms with Gasteiger partial charge < -0.3 is 25.4 Å². The fourth-order valence-electron chi connectivity index (χ4n) is 6.70. The first-order chi connectivity index (χ1) is 19.0. The van der Waals surface area contributed by atoms with Crippen LogP contribution in [0.1, 0.15) is 31.2 Å². The van der Waals surface area contributed by atoms with Crippen LogP contribution in [0.4, 0.5) is 0 Å². The molecule has 3 N–H and O–H groups in total. The van der Waals surface area contributed by atoms with Gasteiger partial charge in [0, 0.05) is 56.0 Å². The Kier molecular flexibility index (Phi) is 9.54. The second-order valence-electron chi connectivity index (χ2n) is 10.9. The van der Waals surface area contributed by atoms with Gasteiger partial charge in [0.05, 0.1) is 29.8 Å². The number of nitrogens with one attached hydrogen (secondary N) is 2. The predicted octanol–water partition coefficient (Wildman–Crippen LogP) is 1.38. The molecule has 0 radical (unpaired) electrons. The van der Waals surface area contributed by atoms with E-state index in [9.17, 15) is 19.5 Å². The maximum Gasteiger partial charge on any atom is 0.244 e. The van der Waals surface area contributed by atoms with Crippen LogP contribution in [-0.2, 0) is 25.7 Å². The van der Waals surface area contributed by atoms with E-state index in [0.717, 1.165) is 31.6 Å². The van der Waals surface area contributed by atoms with Crippen molar-refractivity contribution in [2.45, 2.75) is 53.1 Å². The van der Waals surface area contributed by atoms with Gasteiger partial charge in [-0.3, -0.25) is 19.3 Å². The number of unbranched alkanes of at least 4 members (excludes halogenated alkanes) is 2. The second kappa shape index (κ2) is 12.9. The van der Waals surface area contributed by atoms with Crippen molar-refractivity contribution in [3.63, 3.8) is 0 Å². The summed E-state index contributed by atoms with van der Waals surface area (Å²) in [5, 5.41) is 15.4. The number of fused-ring (bicyclic) bond motifs is 1. The van der Waals surface area contributed by atoms with Crippen LogP contribution in [-0.4, -0.2) is 106 Å². The summed E-state index contributed by atoms with van der Waals surface area (Å²) in [6, 6.07) is 9.14. The lowest BCUT2D eigenvalue weighted by Crippen LogP contribution is -2.55. The number of rotatable bonds is 12.